The number of furan rings is 1. The molecule has 30 heavy (non-hydrogen) atoms. The Labute approximate surface area is 175 Å². The van der Waals surface area contributed by atoms with E-state index in [0.717, 1.165) is 29.7 Å². The van der Waals surface area contributed by atoms with Crippen LogP contribution in [0.1, 0.15) is 33.7 Å². The number of hydrogen-bond donors (Lipinski definition) is 0. The van der Waals surface area contributed by atoms with Crippen molar-refractivity contribution in [1.82, 2.24) is 4.57 Å². The van der Waals surface area contributed by atoms with Gasteiger partial charge in [0.25, 0.3) is 0 Å². The molecule has 0 aliphatic carbocycles. The molecule has 0 aliphatic heterocycles. The van der Waals surface area contributed by atoms with Crippen molar-refractivity contribution in [3.8, 4) is 5.75 Å². The molecule has 7 heteroatoms. The average molecular weight is 413 g/mol. The van der Waals surface area contributed by atoms with Crippen molar-refractivity contribution in [2.24, 2.45) is 0 Å². The first kappa shape index (κ1) is 21.6. The van der Waals surface area contributed by atoms with Crippen LogP contribution >= 0.6 is 0 Å². The molecule has 0 amide bonds. The van der Waals surface area contributed by atoms with Crippen LogP contribution in [-0.4, -0.2) is 43.8 Å². The molecule has 160 valence electrons. The number of fused-ring (bicyclic) bond motifs is 1. The third-order valence-corrected chi connectivity index (χ3v) is 5.17. The molecule has 0 aliphatic rings. The van der Waals surface area contributed by atoms with Gasteiger partial charge < -0.3 is 23.2 Å². The predicted octanol–water partition coefficient (Wildman–Crippen LogP) is 3.86. The van der Waals surface area contributed by atoms with Gasteiger partial charge in [0.1, 0.15) is 11.3 Å². The third-order valence-electron chi connectivity index (χ3n) is 5.17. The smallest absolute Gasteiger partial charge is 0.310 e. The molecule has 0 radical (unpaired) electrons. The number of nitrogens with zero attached hydrogens (tertiary/aromatic N) is 1. The number of ether oxygens (including phenoxy) is 3. The van der Waals surface area contributed by atoms with Crippen molar-refractivity contribution < 1.29 is 28.2 Å². The maximum atomic E-state index is 12.6. The first-order valence-electron chi connectivity index (χ1n) is 9.83. The van der Waals surface area contributed by atoms with Crippen molar-refractivity contribution in [3.63, 3.8) is 0 Å². The van der Waals surface area contributed by atoms with Crippen LogP contribution < -0.4 is 4.74 Å². The Bertz CT molecular complexity index is 1050. The maximum Gasteiger partial charge on any atom is 0.310 e. The van der Waals surface area contributed by atoms with Gasteiger partial charge in [0, 0.05) is 54.2 Å². The van der Waals surface area contributed by atoms with Gasteiger partial charge in [-0.15, -0.1) is 0 Å². The van der Waals surface area contributed by atoms with Gasteiger partial charge >= 0.3 is 5.97 Å². The number of carbonyl (C=O) groups is 2. The number of esters is 1. The summed E-state index contributed by atoms with van der Waals surface area (Å²) in [7, 11) is 3.25. The van der Waals surface area contributed by atoms with Crippen LogP contribution in [0.4, 0.5) is 0 Å². The Morgan fingerprint density at radius 2 is 1.93 bits per heavy atom. The Kier molecular flexibility index (Phi) is 6.95. The summed E-state index contributed by atoms with van der Waals surface area (Å²) in [5, 5.41) is 0.818. The molecular weight excluding hydrogens is 386 g/mol. The molecule has 0 saturated heterocycles. The molecule has 0 atom stereocenters. The summed E-state index contributed by atoms with van der Waals surface area (Å²) >= 11 is 0. The lowest BCUT2D eigenvalue weighted by Crippen LogP contribution is -2.16. The normalized spacial score (nSPS) is 11.1. The lowest BCUT2D eigenvalue weighted by molar-refractivity contribution is -0.141. The minimum atomic E-state index is -0.476. The van der Waals surface area contributed by atoms with Crippen molar-refractivity contribution >= 4 is 22.7 Å². The van der Waals surface area contributed by atoms with Crippen LogP contribution in [-0.2, 0) is 27.2 Å². The van der Waals surface area contributed by atoms with Crippen LogP contribution in [0.15, 0.2) is 34.9 Å². The molecule has 0 saturated carbocycles. The van der Waals surface area contributed by atoms with Crippen LogP contribution in [0, 0.1) is 13.8 Å². The monoisotopic (exact) mass is 413 g/mol. The number of aromatic nitrogens is 1. The van der Waals surface area contributed by atoms with E-state index in [9.17, 15) is 9.59 Å². The van der Waals surface area contributed by atoms with E-state index < -0.39 is 5.97 Å². The lowest BCUT2D eigenvalue weighted by Gasteiger charge is -2.09. The van der Waals surface area contributed by atoms with E-state index in [2.05, 4.69) is 4.57 Å². The Hall–Kier alpha value is -3.06. The summed E-state index contributed by atoms with van der Waals surface area (Å²) in [5.74, 6) is -0.0107. The Morgan fingerprint density at radius 1 is 1.13 bits per heavy atom. The van der Waals surface area contributed by atoms with E-state index in [-0.39, 0.29) is 18.8 Å². The topological polar surface area (TPSA) is 79.9 Å². The summed E-state index contributed by atoms with van der Waals surface area (Å²) in [6, 6.07) is 7.24. The highest BCUT2D eigenvalue weighted by Crippen LogP contribution is 2.26. The highest BCUT2D eigenvalue weighted by Gasteiger charge is 2.18. The van der Waals surface area contributed by atoms with Crippen LogP contribution in [0.3, 0.4) is 0 Å². The predicted molar refractivity (Wildman–Crippen MR) is 112 cm³/mol. The summed E-state index contributed by atoms with van der Waals surface area (Å²) < 4.78 is 23.1. The van der Waals surface area contributed by atoms with E-state index in [0.29, 0.717) is 29.1 Å². The van der Waals surface area contributed by atoms with Crippen molar-refractivity contribution in [2.75, 3.05) is 27.4 Å². The first-order valence-corrected chi connectivity index (χ1v) is 9.83. The number of benzene rings is 1. The average Bonchev–Trinajstić information content (AvgIpc) is 3.26. The SMILES string of the molecule is COCCCn1c(C)cc(C(=O)COC(=O)Cc2coc3cc(OC)ccc23)c1C. The Morgan fingerprint density at radius 3 is 2.67 bits per heavy atom. The second-order valence-electron chi connectivity index (χ2n) is 7.17. The first-order chi connectivity index (χ1) is 14.4. The van der Waals surface area contributed by atoms with Gasteiger partial charge in [0.2, 0.25) is 5.78 Å². The molecule has 0 spiro atoms. The zero-order valence-electron chi connectivity index (χ0n) is 17.8. The second kappa shape index (κ2) is 9.63. The number of hydrogen-bond acceptors (Lipinski definition) is 6. The maximum absolute atomic E-state index is 12.6. The van der Waals surface area contributed by atoms with Crippen LogP contribution in [0.5, 0.6) is 5.75 Å². The summed E-state index contributed by atoms with van der Waals surface area (Å²) in [6.45, 7) is 5.01. The van der Waals surface area contributed by atoms with Gasteiger partial charge in [-0.2, -0.15) is 0 Å². The third kappa shape index (κ3) is 4.74. The zero-order chi connectivity index (χ0) is 21.7. The largest absolute Gasteiger partial charge is 0.497 e. The van der Waals surface area contributed by atoms with E-state index in [1.54, 1.807) is 26.4 Å². The number of ketones is 1. The number of Topliss-reactive ketones (excluding diaryl/α,β-unsaturated/α-hetero) is 1. The van der Waals surface area contributed by atoms with Gasteiger partial charge in [-0.3, -0.25) is 9.59 Å². The molecule has 0 fully saturated rings. The lowest BCUT2D eigenvalue weighted by atomic mass is 10.1. The molecule has 0 unspecified atom stereocenters. The quantitative estimate of drug-likeness (QED) is 0.285. The van der Waals surface area contributed by atoms with Gasteiger partial charge in [-0.05, 0) is 38.5 Å². The van der Waals surface area contributed by atoms with Crippen LogP contribution in [0.25, 0.3) is 11.0 Å². The second-order valence-corrected chi connectivity index (χ2v) is 7.17. The number of methoxy groups -OCH3 is 2. The summed E-state index contributed by atoms with van der Waals surface area (Å²) in [4.78, 5) is 24.9. The fourth-order valence-corrected chi connectivity index (χ4v) is 3.55. The molecule has 3 rings (SSSR count). The summed E-state index contributed by atoms with van der Waals surface area (Å²) in [6.07, 6.45) is 2.42. The minimum absolute atomic E-state index is 0.0304. The molecule has 7 nitrogen and oxygen atoms in total. The zero-order valence-corrected chi connectivity index (χ0v) is 17.8. The van der Waals surface area contributed by atoms with Gasteiger partial charge in [-0.1, -0.05) is 0 Å². The van der Waals surface area contributed by atoms with Gasteiger partial charge in [-0.25, -0.2) is 0 Å². The van der Waals surface area contributed by atoms with E-state index in [1.807, 2.05) is 26.0 Å². The van der Waals surface area contributed by atoms with E-state index in [1.165, 1.54) is 6.26 Å². The number of rotatable bonds is 10. The standard InChI is InChI=1S/C23H27NO6/c1-15-10-20(16(2)24(15)8-5-9-27-3)21(25)14-30-23(26)11-17-13-29-22-12-18(28-4)6-7-19(17)22/h6-7,10,12-13H,5,8-9,11,14H2,1-4H3. The fourth-order valence-electron chi connectivity index (χ4n) is 3.55. The number of aryl methyl sites for hydroxylation is 1. The molecular formula is C23H27NO6. The van der Waals surface area contributed by atoms with Gasteiger partial charge in [0.15, 0.2) is 6.61 Å². The van der Waals surface area contributed by atoms with E-state index >= 15 is 0 Å². The minimum Gasteiger partial charge on any atom is -0.497 e. The molecule has 2 heterocycles. The van der Waals surface area contributed by atoms with E-state index in [4.69, 9.17) is 18.6 Å². The molecule has 3 aromatic rings. The molecule has 0 bridgehead atoms. The van der Waals surface area contributed by atoms with Crippen molar-refractivity contribution in [3.05, 3.63) is 53.0 Å². The summed E-state index contributed by atoms with van der Waals surface area (Å²) in [5.41, 5.74) is 3.80. The van der Waals surface area contributed by atoms with Gasteiger partial charge in [0.05, 0.1) is 19.8 Å². The van der Waals surface area contributed by atoms with Crippen molar-refractivity contribution in [1.29, 1.82) is 0 Å². The Balaban J connectivity index is 1.60. The highest BCUT2D eigenvalue weighted by atomic mass is 16.5. The molecule has 0 N–H and O–H groups in total. The molecule has 2 aromatic heterocycles. The highest BCUT2D eigenvalue weighted by molar-refractivity contribution is 5.99. The number of carbonyl (C=O) groups excluding carboxylic acids is 2. The van der Waals surface area contributed by atoms with Crippen molar-refractivity contribution in [2.45, 2.75) is 33.2 Å². The fraction of sp³-hybridized carbons (Fsp3) is 0.391. The molecule has 1 aromatic carbocycles. The van der Waals surface area contributed by atoms with Crippen LogP contribution in [0.2, 0.25) is 0 Å².